The van der Waals surface area contributed by atoms with Crippen LogP contribution in [0.15, 0.2) is 53.4 Å². The van der Waals surface area contributed by atoms with Crippen molar-refractivity contribution in [3.8, 4) is 0 Å². The van der Waals surface area contributed by atoms with Crippen LogP contribution >= 0.6 is 0 Å². The van der Waals surface area contributed by atoms with Crippen molar-refractivity contribution in [3.05, 3.63) is 59.7 Å². The van der Waals surface area contributed by atoms with Crippen molar-refractivity contribution in [2.24, 2.45) is 16.7 Å². The Labute approximate surface area is 253 Å². The number of anilines is 1. The highest BCUT2D eigenvalue weighted by molar-refractivity contribution is 7.92. The summed E-state index contributed by atoms with van der Waals surface area (Å²) in [4.78, 5) is 41.6. The molecule has 9 nitrogen and oxygen atoms in total. The molecule has 2 aromatic carbocycles. The van der Waals surface area contributed by atoms with E-state index in [9.17, 15) is 22.8 Å². The number of likely N-dealkylation sites (tertiary alicyclic amines) is 1. The minimum Gasteiger partial charge on any atom is -0.457 e. The molecule has 4 fully saturated rings. The molecular formula is C33H40N2O7S. The molecule has 1 saturated heterocycles. The summed E-state index contributed by atoms with van der Waals surface area (Å²) < 4.78 is 42.3. The Kier molecular flexibility index (Phi) is 6.76. The lowest BCUT2D eigenvalue weighted by molar-refractivity contribution is -0.163. The fourth-order valence-electron chi connectivity index (χ4n) is 8.48. The summed E-state index contributed by atoms with van der Waals surface area (Å²) in [5, 5.41) is 0. The smallest absolute Gasteiger partial charge is 0.411 e. The van der Waals surface area contributed by atoms with Gasteiger partial charge in [0.15, 0.2) is 5.78 Å². The lowest BCUT2D eigenvalue weighted by Crippen LogP contribution is -2.55. The topological polar surface area (TPSA) is 110 Å². The van der Waals surface area contributed by atoms with Crippen molar-refractivity contribution in [1.29, 1.82) is 0 Å². The number of ketones is 1. The van der Waals surface area contributed by atoms with Crippen molar-refractivity contribution >= 4 is 33.6 Å². The second-order valence-corrected chi connectivity index (χ2v) is 15.2. The van der Waals surface area contributed by atoms with Crippen molar-refractivity contribution in [1.82, 2.24) is 4.90 Å². The Bertz CT molecular complexity index is 1590. The first-order valence-corrected chi connectivity index (χ1v) is 16.5. The third kappa shape index (κ3) is 4.01. The summed E-state index contributed by atoms with van der Waals surface area (Å²) >= 11 is 0. The molecule has 1 aliphatic heterocycles. The summed E-state index contributed by atoms with van der Waals surface area (Å²) in [6.45, 7) is 11.9. The third-order valence-corrected chi connectivity index (χ3v) is 12.8. The van der Waals surface area contributed by atoms with Gasteiger partial charge in [0.25, 0.3) is 10.0 Å². The number of hydrogen-bond acceptors (Lipinski definition) is 7. The zero-order valence-corrected chi connectivity index (χ0v) is 26.4. The SMILES string of the molecule is CCOC(=O)N1[C@H]2CCC(=O)[C@]21C(=O)O[C@@H]1[C@H](N(c2cc(C)cc(C)c2)S(=O)(=O)c2ccccc2)[C@H]2CC[C@]1(C)C2(C)C. The van der Waals surface area contributed by atoms with Gasteiger partial charge in [-0.15, -0.1) is 0 Å². The lowest BCUT2D eigenvalue weighted by Gasteiger charge is -2.43. The van der Waals surface area contributed by atoms with Gasteiger partial charge < -0.3 is 9.47 Å². The molecule has 2 aromatic rings. The van der Waals surface area contributed by atoms with Crippen LogP contribution < -0.4 is 4.31 Å². The van der Waals surface area contributed by atoms with Crippen LogP contribution in [0.1, 0.15) is 64.5 Å². The van der Waals surface area contributed by atoms with Crippen LogP contribution in [0.5, 0.6) is 0 Å². The van der Waals surface area contributed by atoms with E-state index in [1.165, 1.54) is 9.21 Å². The van der Waals surface area contributed by atoms with Gasteiger partial charge in [0.1, 0.15) is 6.10 Å². The number of carbonyl (C=O) groups excluding carboxylic acids is 3. The Balaban J connectivity index is 1.48. The van der Waals surface area contributed by atoms with E-state index >= 15 is 0 Å². The first-order valence-electron chi connectivity index (χ1n) is 15.1. The normalized spacial score (nSPS) is 32.0. The number of carbonyl (C=O) groups is 3. The number of nitrogens with zero attached hydrogens (tertiary/aromatic N) is 2. The number of piperidine rings is 1. The predicted octanol–water partition coefficient (Wildman–Crippen LogP) is 5.18. The predicted molar refractivity (Wildman–Crippen MR) is 160 cm³/mol. The molecule has 43 heavy (non-hydrogen) atoms. The van der Waals surface area contributed by atoms with E-state index in [1.807, 2.05) is 32.0 Å². The van der Waals surface area contributed by atoms with Gasteiger partial charge in [-0.1, -0.05) is 45.0 Å². The minimum absolute atomic E-state index is 0.113. The maximum atomic E-state index is 14.6. The van der Waals surface area contributed by atoms with E-state index in [0.717, 1.165) is 24.0 Å². The number of rotatable bonds is 7. The summed E-state index contributed by atoms with van der Waals surface area (Å²) in [7, 11) is -4.11. The van der Waals surface area contributed by atoms with Crippen LogP contribution in [0, 0.1) is 30.6 Å². The minimum atomic E-state index is -4.11. The van der Waals surface area contributed by atoms with Crippen molar-refractivity contribution in [3.63, 3.8) is 0 Å². The monoisotopic (exact) mass is 608 g/mol. The van der Waals surface area contributed by atoms with E-state index in [4.69, 9.17) is 9.47 Å². The zero-order chi connectivity index (χ0) is 31.1. The molecule has 1 amide bonds. The molecule has 0 spiro atoms. The molecule has 4 aliphatic rings. The molecule has 6 rings (SSSR count). The van der Waals surface area contributed by atoms with Gasteiger partial charge in [0, 0.05) is 11.8 Å². The Morgan fingerprint density at radius 1 is 1.02 bits per heavy atom. The highest BCUT2D eigenvalue weighted by Crippen LogP contribution is 2.68. The molecule has 1 heterocycles. The fourth-order valence-corrected chi connectivity index (χ4v) is 10.2. The molecule has 0 unspecified atom stereocenters. The summed E-state index contributed by atoms with van der Waals surface area (Å²) in [6, 6.07) is 12.7. The number of amides is 1. The molecule has 0 N–H and O–H groups in total. The van der Waals surface area contributed by atoms with Crippen molar-refractivity contribution in [2.75, 3.05) is 10.9 Å². The number of benzene rings is 2. The van der Waals surface area contributed by atoms with Gasteiger partial charge in [-0.05, 0) is 86.8 Å². The van der Waals surface area contributed by atoms with Crippen LogP contribution in [0.2, 0.25) is 0 Å². The van der Waals surface area contributed by atoms with Crippen LogP contribution in [-0.2, 0) is 29.1 Å². The number of ether oxygens (including phenoxy) is 2. The number of esters is 1. The van der Waals surface area contributed by atoms with Crippen LogP contribution in [0.25, 0.3) is 0 Å². The Hall–Kier alpha value is -3.40. The van der Waals surface area contributed by atoms with Crippen molar-refractivity contribution < 1.29 is 32.3 Å². The van der Waals surface area contributed by atoms with Gasteiger partial charge >= 0.3 is 12.1 Å². The van der Waals surface area contributed by atoms with Gasteiger partial charge in [-0.2, -0.15) is 0 Å². The first-order chi connectivity index (χ1) is 20.2. The molecule has 3 saturated carbocycles. The van der Waals surface area contributed by atoms with Crippen LogP contribution in [-0.4, -0.2) is 61.5 Å². The standard InChI is InChI=1S/C33H40N2O7S/c1-7-41-30(38)34-25-13-14-26(36)33(25,34)29(37)42-28-27(24-15-16-32(28,6)31(24,4)5)35(22-18-20(2)17-21(3)19-22)43(39,40)23-11-9-8-10-12-23/h8-12,17-19,24-25,27-28H,7,13-16H2,1-6H3/t24-,25+,27-,28-,32+,33+,34?/m1/s1. The number of aryl methyl sites for hydroxylation is 2. The molecular weight excluding hydrogens is 568 g/mol. The molecule has 0 radical (unpaired) electrons. The number of sulfonamides is 1. The molecule has 230 valence electrons. The van der Waals surface area contributed by atoms with E-state index in [2.05, 4.69) is 20.8 Å². The molecule has 3 aliphatic carbocycles. The average Bonchev–Trinajstić information content (AvgIpc) is 3.37. The molecule has 6 atom stereocenters. The van der Waals surface area contributed by atoms with E-state index < -0.39 is 56.6 Å². The summed E-state index contributed by atoms with van der Waals surface area (Å²) in [6.07, 6.45) is 0.459. The van der Waals surface area contributed by atoms with E-state index in [1.54, 1.807) is 37.3 Å². The highest BCUT2D eigenvalue weighted by atomic mass is 32.2. The number of Topliss-reactive ketones (excluding diaryl/α,β-unsaturated/α-hetero) is 1. The quantitative estimate of drug-likeness (QED) is 0.242. The van der Waals surface area contributed by atoms with Gasteiger partial charge in [-0.25, -0.2) is 18.0 Å². The van der Waals surface area contributed by atoms with Gasteiger partial charge in [0.2, 0.25) is 5.54 Å². The molecule has 10 heteroatoms. The third-order valence-electron chi connectivity index (χ3n) is 10.9. The number of hydrogen-bond donors (Lipinski definition) is 0. The summed E-state index contributed by atoms with van der Waals surface area (Å²) in [5.41, 5.74) is -0.362. The maximum absolute atomic E-state index is 14.6. The fraction of sp³-hybridized carbons (Fsp3) is 0.545. The van der Waals surface area contributed by atoms with Crippen LogP contribution in [0.3, 0.4) is 0 Å². The summed E-state index contributed by atoms with van der Waals surface area (Å²) in [5.74, 6) is -1.28. The first kappa shape index (κ1) is 29.7. The number of fused-ring (bicyclic) bond motifs is 3. The van der Waals surface area contributed by atoms with E-state index in [0.29, 0.717) is 12.1 Å². The lowest BCUT2D eigenvalue weighted by atomic mass is 9.70. The van der Waals surface area contributed by atoms with Gasteiger partial charge in [0.05, 0.1) is 29.3 Å². The second kappa shape index (κ2) is 9.81. The molecule has 2 bridgehead atoms. The van der Waals surface area contributed by atoms with Crippen molar-refractivity contribution in [2.45, 2.75) is 95.8 Å². The average molecular weight is 609 g/mol. The largest absolute Gasteiger partial charge is 0.457 e. The zero-order valence-electron chi connectivity index (χ0n) is 25.6. The van der Waals surface area contributed by atoms with E-state index in [-0.39, 0.29) is 29.6 Å². The molecule has 0 aromatic heterocycles. The van der Waals surface area contributed by atoms with Crippen LogP contribution in [0.4, 0.5) is 10.5 Å². The maximum Gasteiger partial charge on any atom is 0.411 e. The highest BCUT2D eigenvalue weighted by Gasteiger charge is 2.80. The Morgan fingerprint density at radius 2 is 1.67 bits per heavy atom. The van der Waals surface area contributed by atoms with Gasteiger partial charge in [-0.3, -0.25) is 14.0 Å². The Morgan fingerprint density at radius 3 is 2.30 bits per heavy atom. The second-order valence-electron chi connectivity index (χ2n) is 13.4.